The zero-order valence-corrected chi connectivity index (χ0v) is 16.2. The van der Waals surface area contributed by atoms with Crippen molar-refractivity contribution >= 4 is 23.7 Å². The van der Waals surface area contributed by atoms with Crippen LogP contribution in [0.25, 0.3) is 0 Å². The van der Waals surface area contributed by atoms with Crippen LogP contribution in [-0.4, -0.2) is 52.8 Å². The fraction of sp³-hybridized carbons (Fsp3) is 0.500. The van der Waals surface area contributed by atoms with Gasteiger partial charge in [0.25, 0.3) is 5.91 Å². The number of nitrogens with one attached hydrogen (secondary N) is 2. The molecule has 1 fully saturated rings. The molecule has 0 spiro atoms. The third kappa shape index (κ3) is 6.37. The van der Waals surface area contributed by atoms with E-state index in [0.29, 0.717) is 24.9 Å². The number of carboxylic acids is 1. The number of nitrogens with zero attached hydrogens (tertiary/aromatic N) is 1. The molecular formula is C20H27N3O5. The predicted octanol–water partition coefficient (Wildman–Crippen LogP) is 1.15. The molecule has 0 unspecified atom stereocenters. The van der Waals surface area contributed by atoms with Crippen LogP contribution in [0, 0.1) is 5.92 Å². The molecule has 1 aliphatic heterocycles. The highest BCUT2D eigenvalue weighted by molar-refractivity contribution is 5.96. The van der Waals surface area contributed by atoms with Crippen molar-refractivity contribution in [2.45, 2.75) is 45.7 Å². The minimum Gasteiger partial charge on any atom is -0.480 e. The van der Waals surface area contributed by atoms with E-state index in [1.54, 1.807) is 29.2 Å². The molecule has 0 aliphatic carbocycles. The average molecular weight is 389 g/mol. The van der Waals surface area contributed by atoms with Gasteiger partial charge in [0.15, 0.2) is 0 Å². The van der Waals surface area contributed by atoms with E-state index in [0.717, 1.165) is 18.5 Å². The van der Waals surface area contributed by atoms with E-state index in [1.165, 1.54) is 0 Å². The maximum atomic E-state index is 12.2. The van der Waals surface area contributed by atoms with Gasteiger partial charge < -0.3 is 20.6 Å². The smallest absolute Gasteiger partial charge is 0.326 e. The molecule has 1 aromatic rings. The zero-order chi connectivity index (χ0) is 20.7. The van der Waals surface area contributed by atoms with Crippen LogP contribution in [-0.2, 0) is 20.9 Å². The Kier molecular flexibility index (Phi) is 7.54. The molecule has 28 heavy (non-hydrogen) atoms. The number of rotatable bonds is 9. The van der Waals surface area contributed by atoms with Crippen LogP contribution < -0.4 is 10.6 Å². The fourth-order valence-corrected chi connectivity index (χ4v) is 3.05. The second-order valence-corrected chi connectivity index (χ2v) is 7.39. The summed E-state index contributed by atoms with van der Waals surface area (Å²) in [5, 5.41) is 14.0. The van der Waals surface area contributed by atoms with Crippen LogP contribution in [0.4, 0.5) is 0 Å². The number of benzene rings is 1. The van der Waals surface area contributed by atoms with Crippen LogP contribution in [0.3, 0.4) is 0 Å². The number of carbonyl (C=O) groups is 4. The van der Waals surface area contributed by atoms with E-state index in [2.05, 4.69) is 10.6 Å². The standard InChI is InChI=1S/C20H27N3O5/c1-13(2)10-16(20(27)28)22-17(24)11-21-19(26)15-7-5-14(6-8-15)12-23-9-3-4-18(23)25/h5-8,13,16H,3-4,9-12H2,1-2H3,(H,21,26)(H,22,24)(H,27,28)/t16-/m0/s1. The summed E-state index contributed by atoms with van der Waals surface area (Å²) < 4.78 is 0. The second kappa shape index (κ2) is 9.87. The predicted molar refractivity (Wildman–Crippen MR) is 102 cm³/mol. The highest BCUT2D eigenvalue weighted by atomic mass is 16.4. The minimum absolute atomic E-state index is 0.116. The SMILES string of the molecule is CC(C)C[C@H](NC(=O)CNC(=O)c1ccc(CN2CCCC2=O)cc1)C(=O)O. The first-order valence-corrected chi connectivity index (χ1v) is 9.43. The van der Waals surface area contributed by atoms with Gasteiger partial charge in [0.2, 0.25) is 11.8 Å². The van der Waals surface area contributed by atoms with Crippen LogP contribution in [0.1, 0.15) is 49.0 Å². The van der Waals surface area contributed by atoms with Crippen molar-refractivity contribution in [1.82, 2.24) is 15.5 Å². The van der Waals surface area contributed by atoms with Crippen molar-refractivity contribution in [3.8, 4) is 0 Å². The zero-order valence-electron chi connectivity index (χ0n) is 16.2. The lowest BCUT2D eigenvalue weighted by molar-refractivity contribution is -0.142. The van der Waals surface area contributed by atoms with E-state index in [9.17, 15) is 19.2 Å². The Morgan fingerprint density at radius 3 is 2.39 bits per heavy atom. The molecule has 1 atom stereocenters. The highest BCUT2D eigenvalue weighted by Gasteiger charge is 2.22. The summed E-state index contributed by atoms with van der Waals surface area (Å²) in [4.78, 5) is 48.7. The lowest BCUT2D eigenvalue weighted by atomic mass is 10.0. The van der Waals surface area contributed by atoms with E-state index in [-0.39, 0.29) is 18.4 Å². The van der Waals surface area contributed by atoms with Gasteiger partial charge in [-0.2, -0.15) is 0 Å². The van der Waals surface area contributed by atoms with Gasteiger partial charge in [-0.3, -0.25) is 14.4 Å². The number of hydrogen-bond acceptors (Lipinski definition) is 4. The minimum atomic E-state index is -1.10. The summed E-state index contributed by atoms with van der Waals surface area (Å²) >= 11 is 0. The van der Waals surface area contributed by atoms with Crippen molar-refractivity contribution in [3.63, 3.8) is 0 Å². The van der Waals surface area contributed by atoms with Crippen LogP contribution in [0.15, 0.2) is 24.3 Å². The third-order valence-corrected chi connectivity index (χ3v) is 4.51. The van der Waals surface area contributed by atoms with Gasteiger partial charge in [-0.25, -0.2) is 4.79 Å². The Labute approximate surface area is 164 Å². The summed E-state index contributed by atoms with van der Waals surface area (Å²) in [6, 6.07) is 5.87. The van der Waals surface area contributed by atoms with Crippen molar-refractivity contribution in [3.05, 3.63) is 35.4 Å². The summed E-state index contributed by atoms with van der Waals surface area (Å²) in [5.41, 5.74) is 1.32. The molecule has 0 bridgehead atoms. The Morgan fingerprint density at radius 2 is 1.86 bits per heavy atom. The summed E-state index contributed by atoms with van der Waals surface area (Å²) in [7, 11) is 0. The number of hydrogen-bond donors (Lipinski definition) is 3. The van der Waals surface area contributed by atoms with Gasteiger partial charge in [0.05, 0.1) is 6.54 Å². The number of carboxylic acid groups (broad SMARTS) is 1. The van der Waals surface area contributed by atoms with Crippen molar-refractivity contribution < 1.29 is 24.3 Å². The van der Waals surface area contributed by atoms with Gasteiger partial charge in [0.1, 0.15) is 6.04 Å². The molecule has 1 aliphatic rings. The molecule has 1 saturated heterocycles. The third-order valence-electron chi connectivity index (χ3n) is 4.51. The lowest BCUT2D eigenvalue weighted by Gasteiger charge is -2.17. The maximum absolute atomic E-state index is 12.2. The molecule has 1 heterocycles. The van der Waals surface area contributed by atoms with E-state index in [4.69, 9.17) is 5.11 Å². The second-order valence-electron chi connectivity index (χ2n) is 7.39. The number of likely N-dealkylation sites (tertiary alicyclic amines) is 1. The highest BCUT2D eigenvalue weighted by Crippen LogP contribution is 2.14. The fourth-order valence-electron chi connectivity index (χ4n) is 3.05. The van der Waals surface area contributed by atoms with Gasteiger partial charge in [0, 0.05) is 25.1 Å². The molecule has 0 saturated carbocycles. The quantitative estimate of drug-likeness (QED) is 0.586. The molecule has 3 N–H and O–H groups in total. The van der Waals surface area contributed by atoms with Crippen LogP contribution in [0.2, 0.25) is 0 Å². The number of amides is 3. The summed E-state index contributed by atoms with van der Waals surface area (Å²) in [6.07, 6.45) is 1.78. The van der Waals surface area contributed by atoms with Gasteiger partial charge in [-0.05, 0) is 36.5 Å². The molecular weight excluding hydrogens is 362 g/mol. The van der Waals surface area contributed by atoms with Crippen molar-refractivity contribution in [1.29, 1.82) is 0 Å². The largest absolute Gasteiger partial charge is 0.480 e. The normalized spacial score (nSPS) is 14.8. The topological polar surface area (TPSA) is 116 Å². The number of aliphatic carboxylic acids is 1. The monoisotopic (exact) mass is 389 g/mol. The molecule has 8 nitrogen and oxygen atoms in total. The number of carbonyl (C=O) groups excluding carboxylic acids is 3. The Hall–Kier alpha value is -2.90. The van der Waals surface area contributed by atoms with E-state index < -0.39 is 23.8 Å². The van der Waals surface area contributed by atoms with Crippen LogP contribution >= 0.6 is 0 Å². The summed E-state index contributed by atoms with van der Waals surface area (Å²) in [6.45, 7) is 4.71. The first kappa shape index (κ1) is 21.4. The molecule has 0 radical (unpaired) electrons. The van der Waals surface area contributed by atoms with Crippen molar-refractivity contribution in [2.24, 2.45) is 5.92 Å². The Bertz CT molecular complexity index is 730. The molecule has 152 valence electrons. The van der Waals surface area contributed by atoms with E-state index in [1.807, 2.05) is 13.8 Å². The Balaban J connectivity index is 1.82. The van der Waals surface area contributed by atoms with Gasteiger partial charge >= 0.3 is 5.97 Å². The lowest BCUT2D eigenvalue weighted by Crippen LogP contribution is -2.46. The van der Waals surface area contributed by atoms with Gasteiger partial charge in [-0.15, -0.1) is 0 Å². The first-order valence-electron chi connectivity index (χ1n) is 9.43. The molecule has 0 aromatic heterocycles. The molecule has 3 amide bonds. The van der Waals surface area contributed by atoms with Gasteiger partial charge in [-0.1, -0.05) is 26.0 Å². The maximum Gasteiger partial charge on any atom is 0.326 e. The molecule has 2 rings (SSSR count). The summed E-state index contributed by atoms with van der Waals surface area (Å²) in [5.74, 6) is -1.81. The van der Waals surface area contributed by atoms with E-state index >= 15 is 0 Å². The Morgan fingerprint density at radius 1 is 1.18 bits per heavy atom. The van der Waals surface area contributed by atoms with Crippen LogP contribution in [0.5, 0.6) is 0 Å². The van der Waals surface area contributed by atoms with Crippen molar-refractivity contribution in [2.75, 3.05) is 13.1 Å². The molecule has 1 aromatic carbocycles. The molecule has 8 heteroatoms. The first-order chi connectivity index (χ1) is 13.3. The average Bonchev–Trinajstić information content (AvgIpc) is 3.04.